The molecule has 1 aliphatic heterocycles. The zero-order chi connectivity index (χ0) is 14.2. The van der Waals surface area contributed by atoms with Crippen molar-refractivity contribution in [2.45, 2.75) is 6.42 Å². The molecular formula is C9H10Cl2N4O3S. The standard InChI is InChI=1S/C9H10Cl2N4O3S/c10-7-8(11)13-4-14-9(7)15-2-5(1-6(15)16)3-19(12,17)18/h4-5H,1-3H2,(H2,12,17,18). The molecule has 0 aliphatic carbocycles. The summed E-state index contributed by atoms with van der Waals surface area (Å²) in [4.78, 5) is 20.7. The molecule has 0 spiro atoms. The van der Waals surface area contributed by atoms with E-state index in [-0.39, 0.29) is 46.5 Å². The van der Waals surface area contributed by atoms with Crippen LogP contribution in [-0.2, 0) is 14.8 Å². The third-order valence-electron chi connectivity index (χ3n) is 2.66. The number of anilines is 1. The average molecular weight is 325 g/mol. The molecule has 1 aliphatic rings. The molecule has 10 heteroatoms. The van der Waals surface area contributed by atoms with Gasteiger partial charge in [0.2, 0.25) is 15.9 Å². The second-order valence-electron chi connectivity index (χ2n) is 4.21. The summed E-state index contributed by atoms with van der Waals surface area (Å²) >= 11 is 11.7. The van der Waals surface area contributed by atoms with Gasteiger partial charge in [0.25, 0.3) is 0 Å². The van der Waals surface area contributed by atoms with Crippen molar-refractivity contribution in [3.05, 3.63) is 16.5 Å². The summed E-state index contributed by atoms with van der Waals surface area (Å²) in [5, 5.41) is 5.07. The Balaban J connectivity index is 2.23. The predicted molar refractivity (Wildman–Crippen MR) is 70.5 cm³/mol. The maximum Gasteiger partial charge on any atom is 0.228 e. The van der Waals surface area contributed by atoms with Gasteiger partial charge in [0.05, 0.1) is 5.75 Å². The zero-order valence-electron chi connectivity index (χ0n) is 9.58. The number of primary sulfonamides is 1. The summed E-state index contributed by atoms with van der Waals surface area (Å²) in [6.45, 7) is 0.183. The van der Waals surface area contributed by atoms with E-state index in [1.165, 1.54) is 11.2 Å². The third kappa shape index (κ3) is 3.33. The van der Waals surface area contributed by atoms with Crippen LogP contribution in [0, 0.1) is 5.92 Å². The van der Waals surface area contributed by atoms with E-state index in [9.17, 15) is 13.2 Å². The Morgan fingerprint density at radius 2 is 2.11 bits per heavy atom. The van der Waals surface area contributed by atoms with Crippen molar-refractivity contribution in [1.29, 1.82) is 0 Å². The number of nitrogens with two attached hydrogens (primary N) is 1. The quantitative estimate of drug-likeness (QED) is 0.811. The molecule has 1 aromatic heterocycles. The maximum atomic E-state index is 11.9. The van der Waals surface area contributed by atoms with Gasteiger partial charge in [-0.05, 0) is 0 Å². The van der Waals surface area contributed by atoms with Crippen molar-refractivity contribution in [2.75, 3.05) is 17.2 Å². The van der Waals surface area contributed by atoms with Crippen molar-refractivity contribution >= 4 is 45.0 Å². The van der Waals surface area contributed by atoms with E-state index < -0.39 is 10.0 Å². The number of halogens is 2. The summed E-state index contributed by atoms with van der Waals surface area (Å²) in [6.07, 6.45) is 1.26. The SMILES string of the molecule is NS(=O)(=O)CC1CC(=O)N(c2ncnc(Cl)c2Cl)C1. The van der Waals surface area contributed by atoms with Gasteiger partial charge in [-0.2, -0.15) is 0 Å². The topological polar surface area (TPSA) is 106 Å². The van der Waals surface area contributed by atoms with Gasteiger partial charge in [0.1, 0.15) is 11.3 Å². The zero-order valence-corrected chi connectivity index (χ0v) is 11.9. The smallest absolute Gasteiger partial charge is 0.228 e. The van der Waals surface area contributed by atoms with Crippen LogP contribution in [0.25, 0.3) is 0 Å². The fourth-order valence-electron chi connectivity index (χ4n) is 1.95. The Hall–Kier alpha value is -0.960. The van der Waals surface area contributed by atoms with Gasteiger partial charge < -0.3 is 0 Å². The minimum Gasteiger partial charge on any atom is -0.295 e. The number of carbonyl (C=O) groups is 1. The van der Waals surface area contributed by atoms with Crippen LogP contribution >= 0.6 is 23.2 Å². The summed E-state index contributed by atoms with van der Waals surface area (Å²) < 4.78 is 22.1. The molecule has 104 valence electrons. The van der Waals surface area contributed by atoms with Gasteiger partial charge in [0.15, 0.2) is 11.0 Å². The molecule has 7 nitrogen and oxygen atoms in total. The number of carbonyl (C=O) groups excluding carboxylic acids is 1. The highest BCUT2D eigenvalue weighted by molar-refractivity contribution is 7.89. The lowest BCUT2D eigenvalue weighted by Gasteiger charge is -2.16. The molecule has 0 aromatic carbocycles. The third-order valence-corrected chi connectivity index (χ3v) is 4.32. The molecule has 1 unspecified atom stereocenters. The molecule has 1 saturated heterocycles. The first-order valence-corrected chi connectivity index (χ1v) is 7.72. The van der Waals surface area contributed by atoms with Crippen LogP contribution in [0.2, 0.25) is 10.2 Å². The number of hydrogen-bond acceptors (Lipinski definition) is 5. The lowest BCUT2D eigenvalue weighted by Crippen LogP contribution is -2.28. The summed E-state index contributed by atoms with van der Waals surface area (Å²) in [6, 6.07) is 0. The van der Waals surface area contributed by atoms with Crippen molar-refractivity contribution in [3.8, 4) is 0 Å². The van der Waals surface area contributed by atoms with Gasteiger partial charge in [-0.3, -0.25) is 9.69 Å². The van der Waals surface area contributed by atoms with E-state index >= 15 is 0 Å². The normalized spacial score (nSPS) is 20.1. The van der Waals surface area contributed by atoms with Gasteiger partial charge in [0, 0.05) is 18.9 Å². The fraction of sp³-hybridized carbons (Fsp3) is 0.444. The molecule has 2 heterocycles. The highest BCUT2D eigenvalue weighted by Gasteiger charge is 2.34. The lowest BCUT2D eigenvalue weighted by molar-refractivity contribution is -0.117. The summed E-state index contributed by atoms with van der Waals surface area (Å²) in [5.74, 6) is -0.729. The molecule has 1 amide bonds. The molecule has 2 rings (SSSR count). The molecule has 1 fully saturated rings. The van der Waals surface area contributed by atoms with Crippen molar-refractivity contribution in [1.82, 2.24) is 9.97 Å². The first kappa shape index (κ1) is 14.4. The Kier molecular flexibility index (Phi) is 3.95. The van der Waals surface area contributed by atoms with Crippen LogP contribution < -0.4 is 10.0 Å². The van der Waals surface area contributed by atoms with Crippen LogP contribution in [-0.4, -0.2) is 36.6 Å². The monoisotopic (exact) mass is 324 g/mol. The van der Waals surface area contributed by atoms with E-state index in [1.54, 1.807) is 0 Å². The maximum absolute atomic E-state index is 11.9. The van der Waals surface area contributed by atoms with Gasteiger partial charge >= 0.3 is 0 Å². The first-order chi connectivity index (χ1) is 8.78. The lowest BCUT2D eigenvalue weighted by atomic mass is 10.1. The number of amides is 1. The van der Waals surface area contributed by atoms with Crippen molar-refractivity contribution < 1.29 is 13.2 Å². The van der Waals surface area contributed by atoms with Gasteiger partial charge in [-0.15, -0.1) is 0 Å². The van der Waals surface area contributed by atoms with E-state index in [2.05, 4.69) is 9.97 Å². The number of sulfonamides is 1. The minimum atomic E-state index is -3.63. The van der Waals surface area contributed by atoms with Crippen LogP contribution in [0.4, 0.5) is 5.82 Å². The van der Waals surface area contributed by atoms with Gasteiger partial charge in [-0.25, -0.2) is 23.5 Å². The van der Waals surface area contributed by atoms with Gasteiger partial charge in [-0.1, -0.05) is 23.2 Å². The molecule has 1 atom stereocenters. The molecule has 19 heavy (non-hydrogen) atoms. The van der Waals surface area contributed by atoms with E-state index in [4.69, 9.17) is 28.3 Å². The second-order valence-corrected chi connectivity index (χ2v) is 6.60. The van der Waals surface area contributed by atoms with Crippen LogP contribution in [0.1, 0.15) is 6.42 Å². The Bertz CT molecular complexity index is 622. The van der Waals surface area contributed by atoms with Crippen LogP contribution in [0.3, 0.4) is 0 Å². The summed E-state index contributed by atoms with van der Waals surface area (Å²) in [5.41, 5.74) is 0. The van der Waals surface area contributed by atoms with E-state index in [0.29, 0.717) is 0 Å². The first-order valence-electron chi connectivity index (χ1n) is 5.25. The number of nitrogens with zero attached hydrogens (tertiary/aromatic N) is 3. The molecular weight excluding hydrogens is 315 g/mol. The van der Waals surface area contributed by atoms with Crippen LogP contribution in [0.5, 0.6) is 0 Å². The van der Waals surface area contributed by atoms with E-state index in [0.717, 1.165) is 0 Å². The molecule has 0 saturated carbocycles. The number of rotatable bonds is 3. The largest absolute Gasteiger partial charge is 0.295 e. The fourth-order valence-corrected chi connectivity index (χ4v) is 3.16. The Morgan fingerprint density at radius 3 is 2.74 bits per heavy atom. The molecule has 1 aromatic rings. The minimum absolute atomic E-state index is 0.0364. The predicted octanol–water partition coefficient (Wildman–Crippen LogP) is 0.425. The second kappa shape index (κ2) is 5.20. The van der Waals surface area contributed by atoms with E-state index in [1.807, 2.05) is 0 Å². The molecule has 2 N–H and O–H groups in total. The highest BCUT2D eigenvalue weighted by Crippen LogP contribution is 2.32. The highest BCUT2D eigenvalue weighted by atomic mass is 35.5. The van der Waals surface area contributed by atoms with Crippen molar-refractivity contribution in [3.63, 3.8) is 0 Å². The number of hydrogen-bond donors (Lipinski definition) is 1. The number of aromatic nitrogens is 2. The van der Waals surface area contributed by atoms with Crippen molar-refractivity contribution in [2.24, 2.45) is 11.1 Å². The Morgan fingerprint density at radius 1 is 1.42 bits per heavy atom. The molecule has 0 radical (unpaired) electrons. The summed E-state index contributed by atoms with van der Waals surface area (Å²) in [7, 11) is -3.63. The average Bonchev–Trinajstić information content (AvgIpc) is 2.61. The molecule has 0 bridgehead atoms. The van der Waals surface area contributed by atoms with Crippen LogP contribution in [0.15, 0.2) is 6.33 Å². The Labute approximate surface area is 119 Å².